The molecule has 0 spiro atoms. The number of carbonyl (C=O) groups is 1. The SMILES string of the molecule is COC(=O)CNCc1nc2c(Cc3cccc(-c4ccccc4)c3Cl)nccc2s1. The monoisotopic (exact) mass is 437 g/mol. The number of benzene rings is 2. The molecule has 0 amide bonds. The number of hydrogen-bond acceptors (Lipinski definition) is 6. The zero-order valence-electron chi connectivity index (χ0n) is 16.4. The molecule has 5 nitrogen and oxygen atoms in total. The summed E-state index contributed by atoms with van der Waals surface area (Å²) in [5, 5.41) is 4.68. The van der Waals surface area contributed by atoms with Crippen molar-refractivity contribution in [1.82, 2.24) is 15.3 Å². The molecule has 2 heterocycles. The van der Waals surface area contributed by atoms with Crippen molar-refractivity contribution in [2.75, 3.05) is 13.7 Å². The van der Waals surface area contributed by atoms with Crippen LogP contribution in [0.4, 0.5) is 0 Å². The second kappa shape index (κ2) is 9.34. The van der Waals surface area contributed by atoms with Gasteiger partial charge in [-0.05, 0) is 17.2 Å². The number of nitrogens with zero attached hydrogens (tertiary/aromatic N) is 2. The highest BCUT2D eigenvalue weighted by Crippen LogP contribution is 2.33. The highest BCUT2D eigenvalue weighted by atomic mass is 35.5. The van der Waals surface area contributed by atoms with Crippen LogP contribution in [0.1, 0.15) is 16.3 Å². The molecule has 0 aliphatic heterocycles. The zero-order valence-corrected chi connectivity index (χ0v) is 18.0. The maximum absolute atomic E-state index is 11.3. The Morgan fingerprint density at radius 1 is 1.13 bits per heavy atom. The van der Waals surface area contributed by atoms with Crippen LogP contribution in [0.5, 0.6) is 0 Å². The Kier molecular flexibility index (Phi) is 6.38. The summed E-state index contributed by atoms with van der Waals surface area (Å²) in [5.41, 5.74) is 4.86. The van der Waals surface area contributed by atoms with Crippen molar-refractivity contribution in [2.45, 2.75) is 13.0 Å². The number of pyridine rings is 1. The summed E-state index contributed by atoms with van der Waals surface area (Å²) in [6.45, 7) is 0.650. The van der Waals surface area contributed by atoms with E-state index in [1.807, 2.05) is 42.5 Å². The molecule has 0 radical (unpaired) electrons. The Morgan fingerprint density at radius 3 is 2.77 bits per heavy atom. The van der Waals surface area contributed by atoms with Crippen LogP contribution in [0.25, 0.3) is 21.3 Å². The van der Waals surface area contributed by atoms with E-state index < -0.39 is 0 Å². The lowest BCUT2D eigenvalue weighted by Gasteiger charge is -2.10. The third-order valence-electron chi connectivity index (χ3n) is 4.72. The molecule has 4 rings (SSSR count). The van der Waals surface area contributed by atoms with E-state index in [4.69, 9.17) is 16.6 Å². The average Bonchev–Trinajstić information content (AvgIpc) is 3.19. The Balaban J connectivity index is 1.59. The van der Waals surface area contributed by atoms with Crippen LogP contribution in [-0.4, -0.2) is 29.6 Å². The van der Waals surface area contributed by atoms with Gasteiger partial charge in [0.05, 0.1) is 29.1 Å². The number of nitrogens with one attached hydrogen (secondary N) is 1. The van der Waals surface area contributed by atoms with Crippen LogP contribution in [-0.2, 0) is 22.5 Å². The van der Waals surface area contributed by atoms with Gasteiger partial charge >= 0.3 is 5.97 Å². The smallest absolute Gasteiger partial charge is 0.319 e. The van der Waals surface area contributed by atoms with Crippen LogP contribution in [0.3, 0.4) is 0 Å². The summed E-state index contributed by atoms with van der Waals surface area (Å²) in [6.07, 6.45) is 2.39. The van der Waals surface area contributed by atoms with Gasteiger partial charge in [0, 0.05) is 24.7 Å². The molecule has 0 unspecified atom stereocenters. The number of fused-ring (bicyclic) bond motifs is 1. The van der Waals surface area contributed by atoms with E-state index >= 15 is 0 Å². The molecule has 0 saturated carbocycles. The number of thiazole rings is 1. The number of rotatable bonds is 7. The molecule has 0 fully saturated rings. The molecule has 1 N–H and O–H groups in total. The van der Waals surface area contributed by atoms with Crippen LogP contribution in [0.2, 0.25) is 5.02 Å². The van der Waals surface area contributed by atoms with E-state index in [2.05, 4.69) is 27.2 Å². The highest BCUT2D eigenvalue weighted by Gasteiger charge is 2.14. The van der Waals surface area contributed by atoms with Gasteiger partial charge in [0.1, 0.15) is 10.5 Å². The summed E-state index contributed by atoms with van der Waals surface area (Å²) < 4.78 is 5.70. The first-order chi connectivity index (χ1) is 14.7. The maximum atomic E-state index is 11.3. The standard InChI is InChI=1S/C23H20ClN3O2S/c1-29-21(28)14-25-13-20-27-23-18(26-11-10-19(23)30-20)12-16-8-5-9-17(22(16)24)15-6-3-2-4-7-15/h2-11,25H,12-14H2,1H3. The second-order valence-electron chi connectivity index (χ2n) is 6.71. The molecule has 2 aromatic carbocycles. The lowest BCUT2D eigenvalue weighted by molar-refractivity contribution is -0.139. The quantitative estimate of drug-likeness (QED) is 0.418. The molecular formula is C23H20ClN3O2S. The largest absolute Gasteiger partial charge is 0.468 e. The zero-order chi connectivity index (χ0) is 20.9. The molecule has 0 bridgehead atoms. The van der Waals surface area contributed by atoms with Gasteiger partial charge in [-0.2, -0.15) is 0 Å². The highest BCUT2D eigenvalue weighted by molar-refractivity contribution is 7.18. The molecule has 4 aromatic rings. The van der Waals surface area contributed by atoms with Gasteiger partial charge in [0.25, 0.3) is 0 Å². The summed E-state index contributed by atoms with van der Waals surface area (Å²) in [5.74, 6) is -0.300. The number of esters is 1. The summed E-state index contributed by atoms with van der Waals surface area (Å²) in [7, 11) is 1.37. The topological polar surface area (TPSA) is 64.1 Å². The number of halogens is 1. The maximum Gasteiger partial charge on any atom is 0.319 e. The van der Waals surface area contributed by atoms with Crippen molar-refractivity contribution in [2.24, 2.45) is 0 Å². The minimum atomic E-state index is -0.300. The predicted molar refractivity (Wildman–Crippen MR) is 121 cm³/mol. The molecule has 30 heavy (non-hydrogen) atoms. The van der Waals surface area contributed by atoms with Gasteiger partial charge in [0.15, 0.2) is 0 Å². The molecule has 7 heteroatoms. The first kappa shape index (κ1) is 20.5. The van der Waals surface area contributed by atoms with Gasteiger partial charge in [0.2, 0.25) is 0 Å². The molecule has 0 atom stereocenters. The number of carbonyl (C=O) groups excluding carboxylic acids is 1. The van der Waals surface area contributed by atoms with E-state index in [-0.39, 0.29) is 12.5 Å². The van der Waals surface area contributed by atoms with Crippen molar-refractivity contribution < 1.29 is 9.53 Å². The third-order valence-corrected chi connectivity index (χ3v) is 6.19. The van der Waals surface area contributed by atoms with Gasteiger partial charge in [-0.3, -0.25) is 9.78 Å². The van der Waals surface area contributed by atoms with Crippen LogP contribution in [0, 0.1) is 0 Å². The van der Waals surface area contributed by atoms with Gasteiger partial charge in [-0.1, -0.05) is 60.1 Å². The third kappa shape index (κ3) is 4.51. The summed E-state index contributed by atoms with van der Waals surface area (Å²) >= 11 is 8.35. The Bertz CT molecular complexity index is 1180. The molecule has 0 aliphatic carbocycles. The fourth-order valence-corrected chi connectivity index (χ4v) is 4.50. The van der Waals surface area contributed by atoms with Crippen molar-refractivity contribution >= 4 is 39.1 Å². The normalized spacial score (nSPS) is 11.0. The Morgan fingerprint density at radius 2 is 1.97 bits per heavy atom. The van der Waals surface area contributed by atoms with E-state index in [9.17, 15) is 4.79 Å². The number of ether oxygens (including phenoxy) is 1. The number of methoxy groups -OCH3 is 1. The van der Waals surface area contributed by atoms with E-state index in [1.165, 1.54) is 7.11 Å². The van der Waals surface area contributed by atoms with Gasteiger partial charge in [-0.25, -0.2) is 4.98 Å². The van der Waals surface area contributed by atoms with Gasteiger partial charge < -0.3 is 10.1 Å². The second-order valence-corrected chi connectivity index (χ2v) is 8.21. The molecule has 0 saturated heterocycles. The van der Waals surface area contributed by atoms with E-state index in [0.717, 1.165) is 42.6 Å². The molecule has 2 aromatic heterocycles. The lowest BCUT2D eigenvalue weighted by Crippen LogP contribution is -2.23. The number of aromatic nitrogens is 2. The summed E-state index contributed by atoms with van der Waals surface area (Å²) in [6, 6.07) is 18.2. The minimum absolute atomic E-state index is 0.152. The fraction of sp³-hybridized carbons (Fsp3) is 0.174. The van der Waals surface area contributed by atoms with Crippen molar-refractivity contribution in [1.29, 1.82) is 0 Å². The van der Waals surface area contributed by atoms with Crippen LogP contribution < -0.4 is 5.32 Å². The summed E-state index contributed by atoms with van der Waals surface area (Å²) in [4.78, 5) is 20.6. The molecule has 0 aliphatic rings. The van der Waals surface area contributed by atoms with Crippen molar-refractivity contribution in [3.63, 3.8) is 0 Å². The molecular weight excluding hydrogens is 418 g/mol. The van der Waals surface area contributed by atoms with E-state index in [1.54, 1.807) is 17.5 Å². The average molecular weight is 438 g/mol. The van der Waals surface area contributed by atoms with Crippen LogP contribution in [0.15, 0.2) is 60.8 Å². The minimum Gasteiger partial charge on any atom is -0.468 e. The Labute approximate surface area is 183 Å². The molecule has 152 valence electrons. The first-order valence-electron chi connectivity index (χ1n) is 9.49. The predicted octanol–water partition coefficient (Wildman–Crippen LogP) is 4.87. The van der Waals surface area contributed by atoms with Crippen molar-refractivity contribution in [3.05, 3.63) is 82.1 Å². The Hall–Kier alpha value is -2.80. The van der Waals surface area contributed by atoms with Crippen molar-refractivity contribution in [3.8, 4) is 11.1 Å². The fourth-order valence-electron chi connectivity index (χ4n) is 3.24. The van der Waals surface area contributed by atoms with E-state index in [0.29, 0.717) is 13.0 Å². The van der Waals surface area contributed by atoms with Crippen LogP contribution >= 0.6 is 22.9 Å². The van der Waals surface area contributed by atoms with Gasteiger partial charge in [-0.15, -0.1) is 11.3 Å². The number of hydrogen-bond donors (Lipinski definition) is 1. The lowest BCUT2D eigenvalue weighted by atomic mass is 10.0. The first-order valence-corrected chi connectivity index (χ1v) is 10.7.